The van der Waals surface area contributed by atoms with E-state index in [1.165, 1.54) is 15.8 Å². The van der Waals surface area contributed by atoms with Gasteiger partial charge in [-0.25, -0.2) is 4.79 Å². The Morgan fingerprint density at radius 3 is 2.39 bits per heavy atom. The SMILES string of the molecule is COc1ccc(C2(C(=O)N(C)CC(=O)Nc3cccc4c3cnn4C(=O)OCc3ccccc3)CCCCC2)cc1. The van der Waals surface area contributed by atoms with Gasteiger partial charge in [-0.2, -0.15) is 9.78 Å². The molecule has 0 aliphatic heterocycles. The van der Waals surface area contributed by atoms with Crippen LogP contribution in [-0.4, -0.2) is 53.3 Å². The minimum atomic E-state index is -0.666. The maximum Gasteiger partial charge on any atom is 0.435 e. The number of carbonyl (C=O) groups excluding carboxylic acids is 3. The predicted octanol–water partition coefficient (Wildman–Crippen LogP) is 5.53. The number of nitrogens with zero attached hydrogens (tertiary/aromatic N) is 3. The van der Waals surface area contributed by atoms with E-state index in [0.717, 1.165) is 49.0 Å². The van der Waals surface area contributed by atoms with Gasteiger partial charge in [0.2, 0.25) is 11.8 Å². The Kier molecular flexibility index (Phi) is 8.33. The zero-order chi connectivity index (χ0) is 28.8. The highest BCUT2D eigenvalue weighted by molar-refractivity contribution is 6.04. The molecule has 1 aromatic heterocycles. The van der Waals surface area contributed by atoms with E-state index in [9.17, 15) is 14.4 Å². The number of methoxy groups -OCH3 is 1. The number of likely N-dealkylation sites (N-methyl/N-ethyl adjacent to an activating group) is 1. The Morgan fingerprint density at radius 1 is 0.951 bits per heavy atom. The van der Waals surface area contributed by atoms with Gasteiger partial charge >= 0.3 is 6.09 Å². The minimum absolute atomic E-state index is 0.0651. The van der Waals surface area contributed by atoms with Gasteiger partial charge in [-0.1, -0.05) is 67.8 Å². The lowest BCUT2D eigenvalue weighted by Gasteiger charge is -2.39. The normalized spacial score (nSPS) is 14.3. The molecule has 0 saturated heterocycles. The second kappa shape index (κ2) is 12.2. The first-order valence-corrected chi connectivity index (χ1v) is 13.8. The fraction of sp³-hybridized carbons (Fsp3) is 0.312. The van der Waals surface area contributed by atoms with E-state index in [-0.39, 0.29) is 25.0 Å². The van der Waals surface area contributed by atoms with E-state index >= 15 is 0 Å². The molecule has 5 rings (SSSR count). The van der Waals surface area contributed by atoms with Gasteiger partial charge in [-0.15, -0.1) is 0 Å². The molecule has 0 bridgehead atoms. The molecule has 41 heavy (non-hydrogen) atoms. The van der Waals surface area contributed by atoms with E-state index in [2.05, 4.69) is 10.4 Å². The van der Waals surface area contributed by atoms with Crippen LogP contribution in [0.2, 0.25) is 0 Å². The van der Waals surface area contributed by atoms with Crippen molar-refractivity contribution in [2.75, 3.05) is 26.0 Å². The number of hydrogen-bond acceptors (Lipinski definition) is 6. The summed E-state index contributed by atoms with van der Waals surface area (Å²) in [6.45, 7) is 0.0101. The van der Waals surface area contributed by atoms with Gasteiger partial charge in [0.05, 0.1) is 36.5 Å². The smallest absolute Gasteiger partial charge is 0.435 e. The lowest BCUT2D eigenvalue weighted by Crippen LogP contribution is -2.48. The third-order valence-corrected chi connectivity index (χ3v) is 7.75. The van der Waals surface area contributed by atoms with E-state index in [0.29, 0.717) is 16.6 Å². The maximum absolute atomic E-state index is 13.9. The van der Waals surface area contributed by atoms with E-state index < -0.39 is 11.5 Å². The summed E-state index contributed by atoms with van der Waals surface area (Å²) >= 11 is 0. The van der Waals surface area contributed by atoms with Crippen LogP contribution >= 0.6 is 0 Å². The topological polar surface area (TPSA) is 103 Å². The second-order valence-electron chi connectivity index (χ2n) is 10.4. The number of nitrogens with one attached hydrogen (secondary N) is 1. The molecule has 4 aromatic rings. The van der Waals surface area contributed by atoms with Gasteiger partial charge in [0.25, 0.3) is 0 Å². The van der Waals surface area contributed by atoms with Crippen LogP contribution in [0.3, 0.4) is 0 Å². The molecular weight excluding hydrogens is 520 g/mol. The van der Waals surface area contributed by atoms with E-state index in [1.807, 2.05) is 54.6 Å². The highest BCUT2D eigenvalue weighted by Crippen LogP contribution is 2.41. The largest absolute Gasteiger partial charge is 0.497 e. The quantitative estimate of drug-likeness (QED) is 0.307. The molecule has 1 aliphatic rings. The van der Waals surface area contributed by atoms with Crippen molar-refractivity contribution in [3.05, 3.63) is 90.1 Å². The fourth-order valence-electron chi connectivity index (χ4n) is 5.62. The predicted molar refractivity (Wildman–Crippen MR) is 156 cm³/mol. The zero-order valence-corrected chi connectivity index (χ0v) is 23.3. The molecule has 3 aromatic carbocycles. The molecule has 1 fully saturated rings. The second-order valence-corrected chi connectivity index (χ2v) is 10.4. The molecule has 1 heterocycles. The highest BCUT2D eigenvalue weighted by Gasteiger charge is 2.43. The third-order valence-electron chi connectivity index (χ3n) is 7.75. The molecule has 0 atom stereocenters. The van der Waals surface area contributed by atoms with Crippen molar-refractivity contribution in [3.8, 4) is 5.75 Å². The first kappa shape index (κ1) is 27.9. The van der Waals surface area contributed by atoms with Crippen molar-refractivity contribution in [1.82, 2.24) is 14.7 Å². The van der Waals surface area contributed by atoms with E-state index in [1.54, 1.807) is 32.4 Å². The lowest BCUT2D eigenvalue weighted by atomic mass is 9.68. The van der Waals surface area contributed by atoms with Crippen LogP contribution < -0.4 is 10.1 Å². The number of ether oxygens (including phenoxy) is 2. The molecule has 1 aliphatic carbocycles. The molecular formula is C32H34N4O5. The van der Waals surface area contributed by atoms with Crippen LogP contribution in [0, 0.1) is 0 Å². The maximum atomic E-state index is 13.9. The molecule has 0 radical (unpaired) electrons. The van der Waals surface area contributed by atoms with Gasteiger partial charge in [-0.3, -0.25) is 9.59 Å². The number of rotatable bonds is 8. The molecule has 1 saturated carbocycles. The number of anilines is 1. The van der Waals surface area contributed by atoms with Crippen LogP contribution in [0.4, 0.5) is 10.5 Å². The van der Waals surface area contributed by atoms with Gasteiger partial charge in [-0.05, 0) is 48.2 Å². The molecule has 212 valence electrons. The summed E-state index contributed by atoms with van der Waals surface area (Å²) in [6.07, 6.45) is 5.38. The van der Waals surface area contributed by atoms with Gasteiger partial charge in [0.15, 0.2) is 0 Å². The Balaban J connectivity index is 1.27. The molecule has 2 amide bonds. The van der Waals surface area contributed by atoms with E-state index in [4.69, 9.17) is 9.47 Å². The van der Waals surface area contributed by atoms with Crippen LogP contribution in [0.15, 0.2) is 79.0 Å². The van der Waals surface area contributed by atoms with Gasteiger partial charge in [0, 0.05) is 12.4 Å². The molecule has 0 spiro atoms. The van der Waals surface area contributed by atoms with Crippen molar-refractivity contribution in [1.29, 1.82) is 0 Å². The minimum Gasteiger partial charge on any atom is -0.497 e. The third kappa shape index (κ3) is 5.94. The summed E-state index contributed by atoms with van der Waals surface area (Å²) in [4.78, 5) is 41.2. The standard InChI is InChI=1S/C32H34N4O5/c1-35(30(38)32(18-7-4-8-19-32)24-14-16-25(40-2)17-15-24)21-29(37)34-27-12-9-13-28-26(27)20-33-36(28)31(39)41-22-23-10-5-3-6-11-23/h3,5-6,9-17,20H,4,7-8,18-19,21-22H2,1-2H3,(H,34,37). The van der Waals surface area contributed by atoms with Crippen molar-refractivity contribution in [2.24, 2.45) is 0 Å². The summed E-state index contributed by atoms with van der Waals surface area (Å²) in [5.41, 5.74) is 2.15. The first-order valence-electron chi connectivity index (χ1n) is 13.8. The number of aromatic nitrogens is 2. The Labute approximate surface area is 239 Å². The number of benzene rings is 3. The summed E-state index contributed by atoms with van der Waals surface area (Å²) in [6, 6.07) is 22.3. The number of hydrogen-bond donors (Lipinski definition) is 1. The highest BCUT2D eigenvalue weighted by atomic mass is 16.6. The van der Waals surface area contributed by atoms with Crippen molar-refractivity contribution in [3.63, 3.8) is 0 Å². The van der Waals surface area contributed by atoms with Crippen LogP contribution in [0.5, 0.6) is 5.75 Å². The van der Waals surface area contributed by atoms with Crippen LogP contribution in [0.25, 0.3) is 10.9 Å². The Hall–Kier alpha value is -4.66. The first-order chi connectivity index (χ1) is 19.9. The average molecular weight is 555 g/mol. The average Bonchev–Trinajstić information content (AvgIpc) is 3.46. The summed E-state index contributed by atoms with van der Waals surface area (Å²) in [5, 5.41) is 7.69. The summed E-state index contributed by atoms with van der Waals surface area (Å²) in [5.74, 6) is 0.333. The van der Waals surface area contributed by atoms with Crippen molar-refractivity contribution < 1.29 is 23.9 Å². The molecule has 1 N–H and O–H groups in total. The van der Waals surface area contributed by atoms with Gasteiger partial charge in [0.1, 0.15) is 12.4 Å². The summed E-state index contributed by atoms with van der Waals surface area (Å²) in [7, 11) is 3.29. The molecule has 9 heteroatoms. The van der Waals surface area contributed by atoms with Crippen molar-refractivity contribution >= 4 is 34.5 Å². The Morgan fingerprint density at radius 2 is 1.68 bits per heavy atom. The monoisotopic (exact) mass is 554 g/mol. The molecule has 9 nitrogen and oxygen atoms in total. The van der Waals surface area contributed by atoms with Crippen LogP contribution in [-0.2, 0) is 26.3 Å². The van der Waals surface area contributed by atoms with Crippen molar-refractivity contribution in [2.45, 2.75) is 44.1 Å². The number of fused-ring (bicyclic) bond motifs is 1. The Bertz CT molecular complexity index is 1520. The zero-order valence-electron chi connectivity index (χ0n) is 23.3. The number of amides is 2. The fourth-order valence-corrected chi connectivity index (χ4v) is 5.62. The van der Waals surface area contributed by atoms with Gasteiger partial charge < -0.3 is 19.7 Å². The summed E-state index contributed by atoms with van der Waals surface area (Å²) < 4.78 is 11.9. The lowest BCUT2D eigenvalue weighted by molar-refractivity contribution is -0.139. The van der Waals surface area contributed by atoms with Crippen LogP contribution in [0.1, 0.15) is 43.2 Å². The number of carbonyl (C=O) groups is 3. The molecule has 0 unspecified atom stereocenters.